The molecule has 1 unspecified atom stereocenters. The maximum atomic E-state index is 12.0. The standard InChI is InChI=1S/C18H29N3O.2ClH/c1-15(14-21-11-5-2-6-12-21)13-20-18(22)10-9-16-7-3-4-8-17(16)19;;/h3-4,7-8,15H,2,5-6,9-14,19H2,1H3,(H,20,22);2*1H. The molecule has 1 aromatic rings. The van der Waals surface area contributed by atoms with Crippen LogP contribution in [0.1, 0.15) is 38.2 Å². The first kappa shape index (κ1) is 23.0. The van der Waals surface area contributed by atoms with Gasteiger partial charge in [-0.25, -0.2) is 0 Å². The zero-order chi connectivity index (χ0) is 15.8. The number of piperidine rings is 1. The number of nitrogens with one attached hydrogen (secondary N) is 1. The molecule has 1 heterocycles. The number of likely N-dealkylation sites (tertiary alicyclic amines) is 1. The number of anilines is 1. The molecular weight excluding hydrogens is 345 g/mol. The van der Waals surface area contributed by atoms with Gasteiger partial charge in [0.05, 0.1) is 0 Å². The van der Waals surface area contributed by atoms with Crippen molar-refractivity contribution >= 4 is 36.4 Å². The van der Waals surface area contributed by atoms with Crippen LogP contribution in [0.4, 0.5) is 5.69 Å². The molecule has 1 atom stereocenters. The van der Waals surface area contributed by atoms with E-state index in [-0.39, 0.29) is 30.7 Å². The van der Waals surface area contributed by atoms with Gasteiger partial charge in [0.2, 0.25) is 5.91 Å². The Morgan fingerprint density at radius 1 is 1.21 bits per heavy atom. The van der Waals surface area contributed by atoms with Crippen molar-refractivity contribution in [2.24, 2.45) is 5.92 Å². The highest BCUT2D eigenvalue weighted by Crippen LogP contribution is 2.13. The van der Waals surface area contributed by atoms with Gasteiger partial charge >= 0.3 is 0 Å². The molecule has 6 heteroatoms. The predicted octanol–water partition coefficient (Wildman–Crippen LogP) is 3.28. The van der Waals surface area contributed by atoms with Crippen LogP contribution < -0.4 is 11.1 Å². The van der Waals surface area contributed by atoms with Crippen LogP contribution in [0.3, 0.4) is 0 Å². The van der Waals surface area contributed by atoms with Gasteiger partial charge in [-0.3, -0.25) is 4.79 Å². The third-order valence-corrected chi connectivity index (χ3v) is 4.34. The molecule has 0 saturated carbocycles. The SMILES string of the molecule is CC(CNC(=O)CCc1ccccc1N)CN1CCCCC1.Cl.Cl. The monoisotopic (exact) mass is 375 g/mol. The molecule has 3 N–H and O–H groups in total. The van der Waals surface area contributed by atoms with Gasteiger partial charge in [0.25, 0.3) is 0 Å². The summed E-state index contributed by atoms with van der Waals surface area (Å²) in [5.41, 5.74) is 7.72. The van der Waals surface area contributed by atoms with E-state index in [1.54, 1.807) is 0 Å². The second-order valence-electron chi connectivity index (χ2n) is 6.47. The summed E-state index contributed by atoms with van der Waals surface area (Å²) in [5.74, 6) is 0.623. The second kappa shape index (κ2) is 12.4. The Balaban J connectivity index is 0.00000264. The number of amides is 1. The predicted molar refractivity (Wildman–Crippen MR) is 106 cm³/mol. The number of aryl methyl sites for hydroxylation is 1. The van der Waals surface area contributed by atoms with Crippen molar-refractivity contribution < 1.29 is 4.79 Å². The van der Waals surface area contributed by atoms with E-state index in [0.29, 0.717) is 18.8 Å². The zero-order valence-electron chi connectivity index (χ0n) is 14.5. The van der Waals surface area contributed by atoms with E-state index in [1.807, 2.05) is 24.3 Å². The molecule has 0 radical (unpaired) electrons. The van der Waals surface area contributed by atoms with Crippen LogP contribution >= 0.6 is 24.8 Å². The highest BCUT2D eigenvalue weighted by molar-refractivity contribution is 5.85. The van der Waals surface area contributed by atoms with Crippen LogP contribution in [0.15, 0.2) is 24.3 Å². The lowest BCUT2D eigenvalue weighted by Crippen LogP contribution is -2.38. The third-order valence-electron chi connectivity index (χ3n) is 4.34. The van der Waals surface area contributed by atoms with Gasteiger partial charge in [-0.05, 0) is 49.9 Å². The molecule has 1 aliphatic rings. The zero-order valence-corrected chi connectivity index (χ0v) is 16.1. The van der Waals surface area contributed by atoms with Crippen molar-refractivity contribution in [3.63, 3.8) is 0 Å². The number of hydrogen-bond donors (Lipinski definition) is 2. The van der Waals surface area contributed by atoms with Crippen molar-refractivity contribution in [3.8, 4) is 0 Å². The number of nitrogens with two attached hydrogens (primary N) is 1. The van der Waals surface area contributed by atoms with Gasteiger partial charge in [0.1, 0.15) is 0 Å². The average molecular weight is 376 g/mol. The number of carbonyl (C=O) groups is 1. The highest BCUT2D eigenvalue weighted by Gasteiger charge is 2.14. The molecule has 0 spiro atoms. The number of nitrogen functional groups attached to an aromatic ring is 1. The van der Waals surface area contributed by atoms with E-state index in [1.165, 1.54) is 32.4 Å². The number of benzene rings is 1. The Labute approximate surface area is 158 Å². The van der Waals surface area contributed by atoms with Gasteiger partial charge in [-0.1, -0.05) is 31.5 Å². The largest absolute Gasteiger partial charge is 0.399 e. The lowest BCUT2D eigenvalue weighted by Gasteiger charge is -2.29. The molecule has 24 heavy (non-hydrogen) atoms. The van der Waals surface area contributed by atoms with Crippen LogP contribution in [0.5, 0.6) is 0 Å². The Kier molecular flexibility index (Phi) is 11.9. The third kappa shape index (κ3) is 8.22. The first-order valence-corrected chi connectivity index (χ1v) is 8.47. The number of para-hydroxylation sites is 1. The van der Waals surface area contributed by atoms with Crippen LogP contribution in [0.25, 0.3) is 0 Å². The Morgan fingerprint density at radius 3 is 2.54 bits per heavy atom. The van der Waals surface area contributed by atoms with Gasteiger partial charge < -0.3 is 16.0 Å². The van der Waals surface area contributed by atoms with E-state index in [4.69, 9.17) is 5.73 Å². The lowest BCUT2D eigenvalue weighted by molar-refractivity contribution is -0.121. The Morgan fingerprint density at radius 2 is 1.88 bits per heavy atom. The number of hydrogen-bond acceptors (Lipinski definition) is 3. The van der Waals surface area contributed by atoms with Crippen molar-refractivity contribution in [2.45, 2.75) is 39.0 Å². The normalized spacial score (nSPS) is 15.7. The Bertz CT molecular complexity index is 479. The maximum Gasteiger partial charge on any atom is 0.220 e. The summed E-state index contributed by atoms with van der Waals surface area (Å²) in [6.45, 7) is 6.49. The highest BCUT2D eigenvalue weighted by atomic mass is 35.5. The molecule has 0 bridgehead atoms. The van der Waals surface area contributed by atoms with Gasteiger partial charge in [-0.2, -0.15) is 0 Å². The van der Waals surface area contributed by atoms with E-state index in [0.717, 1.165) is 24.3 Å². The minimum absolute atomic E-state index is 0. The fourth-order valence-corrected chi connectivity index (χ4v) is 3.03. The number of carbonyl (C=O) groups excluding carboxylic acids is 1. The second-order valence-corrected chi connectivity index (χ2v) is 6.47. The quantitative estimate of drug-likeness (QED) is 0.718. The number of nitrogens with zero attached hydrogens (tertiary/aromatic N) is 1. The van der Waals surface area contributed by atoms with Gasteiger partial charge in [0, 0.05) is 25.2 Å². The molecule has 1 amide bonds. The van der Waals surface area contributed by atoms with Crippen molar-refractivity contribution in [1.82, 2.24) is 10.2 Å². The maximum absolute atomic E-state index is 12.0. The molecule has 138 valence electrons. The summed E-state index contributed by atoms with van der Waals surface area (Å²) in [7, 11) is 0. The molecule has 4 nitrogen and oxygen atoms in total. The number of halogens is 2. The summed E-state index contributed by atoms with van der Waals surface area (Å²) in [5, 5.41) is 3.06. The van der Waals surface area contributed by atoms with Crippen LogP contribution in [-0.4, -0.2) is 37.0 Å². The molecule has 1 aliphatic heterocycles. The van der Waals surface area contributed by atoms with E-state index < -0.39 is 0 Å². The van der Waals surface area contributed by atoms with Gasteiger partial charge in [0.15, 0.2) is 0 Å². The molecule has 0 aromatic heterocycles. The van der Waals surface area contributed by atoms with Crippen LogP contribution in [0.2, 0.25) is 0 Å². The van der Waals surface area contributed by atoms with Gasteiger partial charge in [-0.15, -0.1) is 24.8 Å². The van der Waals surface area contributed by atoms with Crippen LogP contribution in [-0.2, 0) is 11.2 Å². The fourth-order valence-electron chi connectivity index (χ4n) is 3.03. The van der Waals surface area contributed by atoms with E-state index in [9.17, 15) is 4.79 Å². The smallest absolute Gasteiger partial charge is 0.220 e. The first-order valence-electron chi connectivity index (χ1n) is 8.47. The summed E-state index contributed by atoms with van der Waals surface area (Å²) in [4.78, 5) is 14.5. The molecule has 1 saturated heterocycles. The summed E-state index contributed by atoms with van der Waals surface area (Å²) in [6.07, 6.45) is 5.21. The molecule has 1 fully saturated rings. The minimum atomic E-state index is 0. The van der Waals surface area contributed by atoms with Crippen molar-refractivity contribution in [2.75, 3.05) is 31.9 Å². The van der Waals surface area contributed by atoms with Crippen LogP contribution in [0, 0.1) is 5.92 Å². The summed E-state index contributed by atoms with van der Waals surface area (Å²) < 4.78 is 0. The van der Waals surface area contributed by atoms with Crippen molar-refractivity contribution in [1.29, 1.82) is 0 Å². The summed E-state index contributed by atoms with van der Waals surface area (Å²) >= 11 is 0. The number of rotatable bonds is 7. The lowest BCUT2D eigenvalue weighted by atomic mass is 10.1. The average Bonchev–Trinajstić information content (AvgIpc) is 2.53. The topological polar surface area (TPSA) is 58.4 Å². The van der Waals surface area contributed by atoms with E-state index >= 15 is 0 Å². The van der Waals surface area contributed by atoms with E-state index in [2.05, 4.69) is 17.1 Å². The van der Waals surface area contributed by atoms with Crippen molar-refractivity contribution in [3.05, 3.63) is 29.8 Å². The molecule has 1 aromatic carbocycles. The first-order chi connectivity index (χ1) is 10.6. The summed E-state index contributed by atoms with van der Waals surface area (Å²) in [6, 6.07) is 7.75. The fraction of sp³-hybridized carbons (Fsp3) is 0.611. The minimum Gasteiger partial charge on any atom is -0.399 e. The molecular formula is C18H31Cl2N3O. The Hall–Kier alpha value is -0.970. The molecule has 2 rings (SSSR count). The molecule has 0 aliphatic carbocycles.